The topological polar surface area (TPSA) is 91.0 Å². The average Bonchev–Trinajstić information content (AvgIpc) is 3.01. The minimum Gasteiger partial charge on any atom is -0.496 e. The molecule has 3 atom stereocenters. The number of hydrogen-bond acceptors (Lipinski definition) is 6. The Hall–Kier alpha value is -3.08. The lowest BCUT2D eigenvalue weighted by atomic mass is 10.0. The van der Waals surface area contributed by atoms with Gasteiger partial charge in [0.25, 0.3) is 5.91 Å². The van der Waals surface area contributed by atoms with Crippen molar-refractivity contribution < 1.29 is 19.1 Å². The molecule has 0 saturated carbocycles. The second kappa shape index (κ2) is 12.4. The first-order valence-electron chi connectivity index (χ1n) is 12.7. The van der Waals surface area contributed by atoms with E-state index in [1.165, 1.54) is 11.8 Å². The van der Waals surface area contributed by atoms with E-state index in [-0.39, 0.29) is 30.0 Å². The van der Waals surface area contributed by atoms with Gasteiger partial charge in [0.2, 0.25) is 11.8 Å². The molecule has 0 aliphatic carbocycles. The van der Waals surface area contributed by atoms with Crippen LogP contribution in [0.4, 0.5) is 11.4 Å². The Morgan fingerprint density at radius 2 is 1.85 bits per heavy atom. The summed E-state index contributed by atoms with van der Waals surface area (Å²) in [5, 5.41) is 7.79. The van der Waals surface area contributed by atoms with E-state index in [2.05, 4.69) is 26.6 Å². The minimum absolute atomic E-state index is 0.134. The number of benzene rings is 3. The van der Waals surface area contributed by atoms with E-state index in [4.69, 9.17) is 4.74 Å². The lowest BCUT2D eigenvalue weighted by Gasteiger charge is -2.32. The number of carbonyl (C=O) groups excluding carboxylic acids is 3. The number of halogens is 1. The Bertz CT molecular complexity index is 1400. The van der Waals surface area contributed by atoms with Crippen molar-refractivity contribution in [3.8, 4) is 5.75 Å². The van der Waals surface area contributed by atoms with Crippen molar-refractivity contribution >= 4 is 67.6 Å². The van der Waals surface area contributed by atoms with Crippen LogP contribution in [0.3, 0.4) is 0 Å². The zero-order chi connectivity index (χ0) is 28.3. The molecule has 0 spiro atoms. The second-order valence-electron chi connectivity index (χ2n) is 9.46. The summed E-state index contributed by atoms with van der Waals surface area (Å²) in [5.41, 5.74) is 2.05. The summed E-state index contributed by atoms with van der Waals surface area (Å²) in [7, 11) is 3.29. The first-order chi connectivity index (χ1) is 18.7. The maximum absolute atomic E-state index is 14.4. The van der Waals surface area contributed by atoms with E-state index in [1.807, 2.05) is 60.9 Å². The van der Waals surface area contributed by atoms with Gasteiger partial charge in [0, 0.05) is 10.0 Å². The van der Waals surface area contributed by atoms with Crippen molar-refractivity contribution in [1.82, 2.24) is 10.6 Å². The van der Waals surface area contributed by atoms with Crippen LogP contribution in [0.25, 0.3) is 10.8 Å². The van der Waals surface area contributed by atoms with Gasteiger partial charge in [-0.15, -0.1) is 0 Å². The highest BCUT2D eigenvalue weighted by Crippen LogP contribution is 2.39. The van der Waals surface area contributed by atoms with Gasteiger partial charge in [-0.25, -0.2) is 0 Å². The van der Waals surface area contributed by atoms with Gasteiger partial charge in [0.1, 0.15) is 11.8 Å². The zero-order valence-electron chi connectivity index (χ0n) is 22.7. The third-order valence-corrected chi connectivity index (χ3v) is 8.13. The Kier molecular flexibility index (Phi) is 9.19. The lowest BCUT2D eigenvalue weighted by Crippen LogP contribution is -2.60. The summed E-state index contributed by atoms with van der Waals surface area (Å²) >= 11 is 4.95. The van der Waals surface area contributed by atoms with E-state index < -0.39 is 18.1 Å². The van der Waals surface area contributed by atoms with Crippen LogP contribution >= 0.6 is 27.7 Å². The molecule has 1 aliphatic heterocycles. The second-order valence-corrected chi connectivity index (χ2v) is 11.2. The number of nitrogens with one attached hydrogen (secondary N) is 2. The zero-order valence-corrected chi connectivity index (χ0v) is 25.1. The number of likely N-dealkylation sites (N-methyl/N-ethyl adjacent to an activating group) is 1. The molecule has 0 fully saturated rings. The number of rotatable bonds is 8. The van der Waals surface area contributed by atoms with Gasteiger partial charge in [0.05, 0.1) is 42.9 Å². The van der Waals surface area contributed by atoms with Gasteiger partial charge in [0.15, 0.2) is 0 Å². The smallest absolute Gasteiger partial charge is 0.252 e. The number of carbonyl (C=O) groups is 3. The molecule has 3 amide bonds. The molecule has 10 heteroatoms. The molecule has 4 rings (SSSR count). The van der Waals surface area contributed by atoms with Crippen molar-refractivity contribution in [2.45, 2.75) is 38.5 Å². The monoisotopic (exact) mass is 612 g/mol. The lowest BCUT2D eigenvalue weighted by molar-refractivity contribution is -0.129. The molecule has 206 valence electrons. The molecule has 39 heavy (non-hydrogen) atoms. The molecular formula is C29H33BrN4O4S. The molecule has 0 aromatic heterocycles. The van der Waals surface area contributed by atoms with E-state index in [0.717, 1.165) is 20.8 Å². The number of ether oxygens (including phenoxy) is 1. The molecule has 1 aliphatic rings. The first-order valence-corrected chi connectivity index (χ1v) is 14.8. The molecule has 0 bridgehead atoms. The fourth-order valence-electron chi connectivity index (χ4n) is 4.92. The fraction of sp³-hybridized carbons (Fsp3) is 0.345. The number of fused-ring (bicyclic) bond motifs is 2. The fourth-order valence-corrected chi connectivity index (χ4v) is 5.69. The van der Waals surface area contributed by atoms with E-state index >= 15 is 0 Å². The van der Waals surface area contributed by atoms with Gasteiger partial charge >= 0.3 is 0 Å². The predicted octanol–water partition coefficient (Wildman–Crippen LogP) is 4.33. The predicted molar refractivity (Wildman–Crippen MR) is 162 cm³/mol. The standard InChI is InChI=1S/C29H33BrN4O4S/c1-17(31-3)28(36)32-27-18(2)34(26(35)16-39-5)24-9-7-6-8-23(24)33(29(27)37)15-22-21-12-11-20(30)14-19(21)10-13-25(22)38-4/h6-14,17-18,27,31H,15-16H2,1-5H3,(H,32,36)/t17-,18-,27?/m0/s1. The molecule has 3 aromatic carbocycles. The Balaban J connectivity index is 1.90. The molecular weight excluding hydrogens is 580 g/mol. The maximum Gasteiger partial charge on any atom is 0.252 e. The molecule has 0 saturated heterocycles. The summed E-state index contributed by atoms with van der Waals surface area (Å²) in [6.45, 7) is 3.72. The molecule has 8 nitrogen and oxygen atoms in total. The molecule has 2 N–H and O–H groups in total. The Morgan fingerprint density at radius 1 is 1.13 bits per heavy atom. The molecule has 0 radical (unpaired) electrons. The number of hydrogen-bond donors (Lipinski definition) is 2. The molecule has 1 unspecified atom stereocenters. The maximum atomic E-state index is 14.4. The van der Waals surface area contributed by atoms with Crippen molar-refractivity contribution in [2.24, 2.45) is 0 Å². The SMILES string of the molecule is CN[C@@H](C)C(=O)NC1C(=O)N(Cc2c(OC)ccc3cc(Br)ccc23)c2ccccc2N(C(=O)CSC)[C@H]1C. The van der Waals surface area contributed by atoms with Crippen molar-refractivity contribution in [2.75, 3.05) is 36.0 Å². The first kappa shape index (κ1) is 28.9. The van der Waals surface area contributed by atoms with E-state index in [9.17, 15) is 14.4 Å². The van der Waals surface area contributed by atoms with Crippen molar-refractivity contribution in [1.29, 1.82) is 0 Å². The van der Waals surface area contributed by atoms with Gasteiger partial charge in [-0.05, 0) is 68.3 Å². The highest BCUT2D eigenvalue weighted by molar-refractivity contribution is 9.10. The van der Waals surface area contributed by atoms with Gasteiger partial charge in [-0.3, -0.25) is 14.4 Å². The normalized spacial score (nSPS) is 17.9. The van der Waals surface area contributed by atoms with Gasteiger partial charge in [-0.1, -0.05) is 40.2 Å². The van der Waals surface area contributed by atoms with Crippen LogP contribution in [0.1, 0.15) is 19.4 Å². The third-order valence-electron chi connectivity index (χ3n) is 7.10. The molecule has 3 aromatic rings. The number of amides is 3. The number of nitrogens with zero attached hydrogens (tertiary/aromatic N) is 2. The molecule has 1 heterocycles. The largest absolute Gasteiger partial charge is 0.496 e. The van der Waals surface area contributed by atoms with Crippen molar-refractivity contribution in [3.63, 3.8) is 0 Å². The van der Waals surface area contributed by atoms with Crippen LogP contribution in [0.5, 0.6) is 5.75 Å². The van der Waals surface area contributed by atoms with E-state index in [0.29, 0.717) is 17.1 Å². The van der Waals surface area contributed by atoms with Gasteiger partial charge in [-0.2, -0.15) is 11.8 Å². The highest BCUT2D eigenvalue weighted by Gasteiger charge is 2.42. The van der Waals surface area contributed by atoms with Crippen LogP contribution in [-0.4, -0.2) is 62.0 Å². The van der Waals surface area contributed by atoms with Crippen LogP contribution < -0.4 is 25.2 Å². The summed E-state index contributed by atoms with van der Waals surface area (Å²) in [6, 6.07) is 15.1. The number of anilines is 2. The van der Waals surface area contributed by atoms with Crippen LogP contribution in [-0.2, 0) is 20.9 Å². The Morgan fingerprint density at radius 3 is 2.51 bits per heavy atom. The van der Waals surface area contributed by atoms with Crippen molar-refractivity contribution in [3.05, 3.63) is 64.6 Å². The third kappa shape index (κ3) is 5.78. The summed E-state index contributed by atoms with van der Waals surface area (Å²) in [4.78, 5) is 44.2. The summed E-state index contributed by atoms with van der Waals surface area (Å²) in [5.74, 6) is 0.130. The number of thioether (sulfide) groups is 1. The van der Waals surface area contributed by atoms with Crippen LogP contribution in [0.15, 0.2) is 59.1 Å². The number of methoxy groups -OCH3 is 1. The highest BCUT2D eigenvalue weighted by atomic mass is 79.9. The number of para-hydroxylation sites is 2. The van der Waals surface area contributed by atoms with Crippen LogP contribution in [0, 0.1) is 0 Å². The average molecular weight is 614 g/mol. The quantitative estimate of drug-likeness (QED) is 0.393. The summed E-state index contributed by atoms with van der Waals surface area (Å²) < 4.78 is 6.68. The summed E-state index contributed by atoms with van der Waals surface area (Å²) in [6.07, 6.45) is 1.86. The van der Waals surface area contributed by atoms with Crippen LogP contribution in [0.2, 0.25) is 0 Å². The van der Waals surface area contributed by atoms with Gasteiger partial charge < -0.3 is 25.2 Å². The minimum atomic E-state index is -0.971. The Labute approximate surface area is 241 Å². The van der Waals surface area contributed by atoms with E-state index in [1.54, 1.807) is 37.8 Å².